The molecule has 0 radical (unpaired) electrons. The van der Waals surface area contributed by atoms with E-state index < -0.39 is 0 Å². The van der Waals surface area contributed by atoms with E-state index in [9.17, 15) is 0 Å². The van der Waals surface area contributed by atoms with Gasteiger partial charge in [-0.05, 0) is 50.6 Å². The van der Waals surface area contributed by atoms with E-state index in [1.807, 2.05) is 24.3 Å². The maximum atomic E-state index is 6.34. The highest BCUT2D eigenvalue weighted by Gasteiger charge is 2.13. The van der Waals surface area contributed by atoms with Gasteiger partial charge in [-0.1, -0.05) is 17.7 Å². The monoisotopic (exact) mass is 309 g/mol. The van der Waals surface area contributed by atoms with Crippen LogP contribution in [0.3, 0.4) is 0 Å². The zero-order valence-electron chi connectivity index (χ0n) is 12.1. The maximum Gasteiger partial charge on any atom is 0.113 e. The molecule has 2 aromatic rings. The average molecular weight is 310 g/mol. The van der Waals surface area contributed by atoms with Crippen molar-refractivity contribution in [3.8, 4) is 0 Å². The molecular formula is C16H20ClNOS. The highest BCUT2D eigenvalue weighted by Crippen LogP contribution is 2.31. The maximum absolute atomic E-state index is 6.34. The molecule has 4 heteroatoms. The Morgan fingerprint density at radius 1 is 1.20 bits per heavy atom. The Bertz CT molecular complexity index is 546. The van der Waals surface area contributed by atoms with Gasteiger partial charge in [-0.25, -0.2) is 0 Å². The van der Waals surface area contributed by atoms with E-state index in [1.165, 1.54) is 4.90 Å². The second kappa shape index (κ2) is 6.70. The zero-order chi connectivity index (χ0) is 14.6. The SMILES string of the molecule is CC(C)(C)NCc1c(Cl)cccc1SCc1ccco1. The molecule has 0 saturated heterocycles. The van der Waals surface area contributed by atoms with E-state index in [2.05, 4.69) is 32.2 Å². The first-order valence-electron chi connectivity index (χ1n) is 6.63. The largest absolute Gasteiger partial charge is 0.468 e. The van der Waals surface area contributed by atoms with E-state index in [4.69, 9.17) is 16.0 Å². The summed E-state index contributed by atoms with van der Waals surface area (Å²) in [4.78, 5) is 1.20. The van der Waals surface area contributed by atoms with Crippen LogP contribution in [0.1, 0.15) is 32.1 Å². The Morgan fingerprint density at radius 3 is 2.65 bits per heavy atom. The third-order valence-electron chi connectivity index (χ3n) is 2.82. The Hall–Kier alpha value is -0.900. The second-order valence-electron chi connectivity index (χ2n) is 5.69. The minimum atomic E-state index is 0.0715. The van der Waals surface area contributed by atoms with Gasteiger partial charge in [0.2, 0.25) is 0 Å². The Balaban J connectivity index is 2.09. The number of furan rings is 1. The molecule has 0 saturated carbocycles. The van der Waals surface area contributed by atoms with Crippen LogP contribution >= 0.6 is 23.4 Å². The van der Waals surface area contributed by atoms with Crippen molar-refractivity contribution >= 4 is 23.4 Å². The van der Waals surface area contributed by atoms with Gasteiger partial charge in [0.1, 0.15) is 5.76 Å². The second-order valence-corrected chi connectivity index (χ2v) is 7.11. The summed E-state index contributed by atoms with van der Waals surface area (Å²) in [6.07, 6.45) is 1.70. The number of nitrogens with one attached hydrogen (secondary N) is 1. The van der Waals surface area contributed by atoms with E-state index in [0.29, 0.717) is 0 Å². The average Bonchev–Trinajstić information content (AvgIpc) is 2.87. The number of hydrogen-bond donors (Lipinski definition) is 1. The van der Waals surface area contributed by atoms with Gasteiger partial charge in [0.15, 0.2) is 0 Å². The summed E-state index contributed by atoms with van der Waals surface area (Å²) in [6, 6.07) is 9.95. The van der Waals surface area contributed by atoms with E-state index in [0.717, 1.165) is 28.6 Å². The van der Waals surface area contributed by atoms with Gasteiger partial charge < -0.3 is 9.73 Å². The number of benzene rings is 1. The minimum Gasteiger partial charge on any atom is -0.468 e. The Labute approximate surface area is 129 Å². The van der Waals surface area contributed by atoms with Crippen LogP contribution in [0, 0.1) is 0 Å². The lowest BCUT2D eigenvalue weighted by Crippen LogP contribution is -2.35. The summed E-state index contributed by atoms with van der Waals surface area (Å²) in [6.45, 7) is 7.22. The highest BCUT2D eigenvalue weighted by atomic mass is 35.5. The van der Waals surface area contributed by atoms with Crippen molar-refractivity contribution in [2.75, 3.05) is 0 Å². The number of hydrogen-bond acceptors (Lipinski definition) is 3. The van der Waals surface area contributed by atoms with Crippen LogP contribution in [0.15, 0.2) is 45.9 Å². The molecular weight excluding hydrogens is 290 g/mol. The van der Waals surface area contributed by atoms with E-state index in [-0.39, 0.29) is 5.54 Å². The van der Waals surface area contributed by atoms with Crippen molar-refractivity contribution in [1.82, 2.24) is 5.32 Å². The Kier molecular flexibility index (Phi) is 5.19. The molecule has 0 bridgehead atoms. The molecule has 20 heavy (non-hydrogen) atoms. The van der Waals surface area contributed by atoms with Crippen molar-refractivity contribution in [1.29, 1.82) is 0 Å². The predicted octanol–water partition coefficient (Wildman–Crippen LogP) is 5.11. The first-order valence-corrected chi connectivity index (χ1v) is 8.00. The summed E-state index contributed by atoms with van der Waals surface area (Å²) in [7, 11) is 0. The molecule has 0 amide bonds. The first kappa shape index (κ1) is 15.5. The van der Waals surface area contributed by atoms with Crippen LogP contribution in [-0.4, -0.2) is 5.54 Å². The van der Waals surface area contributed by atoms with Gasteiger partial charge in [0.05, 0.1) is 12.0 Å². The van der Waals surface area contributed by atoms with Crippen molar-refractivity contribution < 1.29 is 4.42 Å². The molecule has 1 N–H and O–H groups in total. The fraction of sp³-hybridized carbons (Fsp3) is 0.375. The summed E-state index contributed by atoms with van der Waals surface area (Å²) < 4.78 is 5.37. The molecule has 0 aliphatic heterocycles. The molecule has 0 aliphatic carbocycles. The lowest BCUT2D eigenvalue weighted by Gasteiger charge is -2.22. The number of thioether (sulfide) groups is 1. The smallest absolute Gasteiger partial charge is 0.113 e. The van der Waals surface area contributed by atoms with E-state index >= 15 is 0 Å². The van der Waals surface area contributed by atoms with Gasteiger partial charge in [-0.15, -0.1) is 11.8 Å². The van der Waals surface area contributed by atoms with Crippen LogP contribution in [0.2, 0.25) is 5.02 Å². The lowest BCUT2D eigenvalue weighted by molar-refractivity contribution is 0.422. The van der Waals surface area contributed by atoms with Gasteiger partial charge >= 0.3 is 0 Å². The lowest BCUT2D eigenvalue weighted by atomic mass is 10.1. The first-order chi connectivity index (χ1) is 9.46. The molecule has 2 nitrogen and oxygen atoms in total. The topological polar surface area (TPSA) is 25.2 Å². The van der Waals surface area contributed by atoms with Crippen LogP contribution in [-0.2, 0) is 12.3 Å². The molecule has 2 rings (SSSR count). The van der Waals surface area contributed by atoms with Crippen LogP contribution < -0.4 is 5.32 Å². The van der Waals surface area contributed by atoms with Gasteiger partial charge in [0.25, 0.3) is 0 Å². The minimum absolute atomic E-state index is 0.0715. The molecule has 1 heterocycles. The molecule has 0 fully saturated rings. The summed E-state index contributed by atoms with van der Waals surface area (Å²) >= 11 is 8.09. The molecule has 0 spiro atoms. The molecule has 108 valence electrons. The van der Waals surface area contributed by atoms with Crippen molar-refractivity contribution in [2.45, 2.75) is 43.5 Å². The fourth-order valence-electron chi connectivity index (χ4n) is 1.74. The van der Waals surface area contributed by atoms with Crippen LogP contribution in [0.25, 0.3) is 0 Å². The van der Waals surface area contributed by atoms with Crippen LogP contribution in [0.4, 0.5) is 0 Å². The molecule has 0 unspecified atom stereocenters. The molecule has 0 atom stereocenters. The number of rotatable bonds is 5. The standard InChI is InChI=1S/C16H20ClNOS/c1-16(2,3)18-10-13-14(17)7-4-8-15(13)20-11-12-6-5-9-19-12/h4-9,18H,10-11H2,1-3H3. The van der Waals surface area contributed by atoms with Gasteiger partial charge in [0, 0.05) is 22.0 Å². The normalized spacial score (nSPS) is 11.8. The number of halogens is 1. The summed E-state index contributed by atoms with van der Waals surface area (Å²) in [5, 5.41) is 4.30. The summed E-state index contributed by atoms with van der Waals surface area (Å²) in [5.74, 6) is 1.79. The molecule has 1 aromatic heterocycles. The quantitative estimate of drug-likeness (QED) is 0.777. The predicted molar refractivity (Wildman–Crippen MR) is 86.3 cm³/mol. The van der Waals surface area contributed by atoms with Crippen molar-refractivity contribution in [2.24, 2.45) is 0 Å². The van der Waals surface area contributed by atoms with Crippen LogP contribution in [0.5, 0.6) is 0 Å². The Morgan fingerprint density at radius 2 is 2.00 bits per heavy atom. The van der Waals surface area contributed by atoms with Gasteiger partial charge in [-0.2, -0.15) is 0 Å². The van der Waals surface area contributed by atoms with Crippen molar-refractivity contribution in [3.63, 3.8) is 0 Å². The molecule has 0 aliphatic rings. The van der Waals surface area contributed by atoms with Crippen molar-refractivity contribution in [3.05, 3.63) is 52.9 Å². The third-order valence-corrected chi connectivity index (χ3v) is 4.30. The molecule has 1 aromatic carbocycles. The zero-order valence-corrected chi connectivity index (χ0v) is 13.6. The fourth-order valence-corrected chi connectivity index (χ4v) is 3.03. The van der Waals surface area contributed by atoms with Gasteiger partial charge in [-0.3, -0.25) is 0 Å². The summed E-state index contributed by atoms with van der Waals surface area (Å²) in [5.41, 5.74) is 1.22. The highest BCUT2D eigenvalue weighted by molar-refractivity contribution is 7.98. The van der Waals surface area contributed by atoms with E-state index in [1.54, 1.807) is 18.0 Å². The third kappa shape index (κ3) is 4.58.